The maximum Gasteiger partial charge on any atom is 0.0485 e. The van der Waals surface area contributed by atoms with Crippen LogP contribution in [0.2, 0.25) is 5.02 Å². The molecule has 0 aromatic heterocycles. The molecule has 0 fully saturated rings. The highest BCUT2D eigenvalue weighted by atomic mass is 127. The molecule has 0 heterocycles. The molecule has 0 saturated carbocycles. The van der Waals surface area contributed by atoms with Crippen LogP contribution in [0.5, 0.6) is 0 Å². The SMILES string of the molecule is CC(Nc1cccc(Cl)c1)c1ccc(I)cc1. The summed E-state index contributed by atoms with van der Waals surface area (Å²) in [6.07, 6.45) is 0. The van der Waals surface area contributed by atoms with Gasteiger partial charge in [0.1, 0.15) is 0 Å². The Morgan fingerprint density at radius 3 is 2.47 bits per heavy atom. The van der Waals surface area contributed by atoms with Crippen molar-refractivity contribution in [1.29, 1.82) is 0 Å². The lowest BCUT2D eigenvalue weighted by atomic mass is 10.1. The van der Waals surface area contributed by atoms with Crippen LogP contribution in [0.4, 0.5) is 5.69 Å². The fourth-order valence-electron chi connectivity index (χ4n) is 1.66. The molecular weight excluding hydrogens is 345 g/mol. The molecule has 0 aliphatic rings. The molecule has 0 spiro atoms. The van der Waals surface area contributed by atoms with Gasteiger partial charge < -0.3 is 5.32 Å². The molecule has 2 aromatic rings. The molecule has 2 aromatic carbocycles. The fourth-order valence-corrected chi connectivity index (χ4v) is 2.21. The van der Waals surface area contributed by atoms with Gasteiger partial charge in [-0.1, -0.05) is 29.8 Å². The van der Waals surface area contributed by atoms with Gasteiger partial charge in [0.15, 0.2) is 0 Å². The zero-order chi connectivity index (χ0) is 12.3. The van der Waals surface area contributed by atoms with Crippen LogP contribution in [0.25, 0.3) is 0 Å². The molecule has 0 radical (unpaired) electrons. The van der Waals surface area contributed by atoms with Crippen molar-refractivity contribution in [3.05, 3.63) is 62.7 Å². The summed E-state index contributed by atoms with van der Waals surface area (Å²) in [5.41, 5.74) is 2.31. The molecule has 0 bridgehead atoms. The Kier molecular flexibility index (Phi) is 4.29. The van der Waals surface area contributed by atoms with Crippen LogP contribution >= 0.6 is 34.2 Å². The lowest BCUT2D eigenvalue weighted by molar-refractivity contribution is 0.884. The van der Waals surface area contributed by atoms with E-state index < -0.39 is 0 Å². The van der Waals surface area contributed by atoms with Crippen molar-refractivity contribution in [3.63, 3.8) is 0 Å². The van der Waals surface area contributed by atoms with Crippen LogP contribution < -0.4 is 5.32 Å². The summed E-state index contributed by atoms with van der Waals surface area (Å²) < 4.78 is 1.25. The van der Waals surface area contributed by atoms with Gasteiger partial charge in [-0.3, -0.25) is 0 Å². The predicted molar refractivity (Wildman–Crippen MR) is 82.6 cm³/mol. The summed E-state index contributed by atoms with van der Waals surface area (Å²) in [6, 6.07) is 16.6. The molecule has 1 N–H and O–H groups in total. The Bertz CT molecular complexity index is 496. The number of rotatable bonds is 3. The van der Waals surface area contributed by atoms with E-state index in [1.807, 2.05) is 24.3 Å². The van der Waals surface area contributed by atoms with Gasteiger partial charge in [-0.25, -0.2) is 0 Å². The Morgan fingerprint density at radius 1 is 1.12 bits per heavy atom. The maximum atomic E-state index is 5.95. The Morgan fingerprint density at radius 2 is 1.82 bits per heavy atom. The summed E-state index contributed by atoms with van der Waals surface area (Å²) in [7, 11) is 0. The molecule has 0 saturated heterocycles. The van der Waals surface area contributed by atoms with Crippen LogP contribution in [0.1, 0.15) is 18.5 Å². The van der Waals surface area contributed by atoms with Gasteiger partial charge >= 0.3 is 0 Å². The fraction of sp³-hybridized carbons (Fsp3) is 0.143. The molecule has 2 rings (SSSR count). The highest BCUT2D eigenvalue weighted by Crippen LogP contribution is 2.22. The quantitative estimate of drug-likeness (QED) is 0.752. The molecule has 0 amide bonds. The number of nitrogens with one attached hydrogen (secondary N) is 1. The van der Waals surface area contributed by atoms with Gasteiger partial charge in [-0.15, -0.1) is 0 Å². The number of hydrogen-bond acceptors (Lipinski definition) is 1. The van der Waals surface area contributed by atoms with E-state index in [2.05, 4.69) is 59.1 Å². The zero-order valence-corrected chi connectivity index (χ0v) is 12.4. The third kappa shape index (κ3) is 3.61. The third-order valence-corrected chi connectivity index (χ3v) is 3.53. The zero-order valence-electron chi connectivity index (χ0n) is 9.45. The summed E-state index contributed by atoms with van der Waals surface area (Å²) in [5.74, 6) is 0. The molecule has 17 heavy (non-hydrogen) atoms. The monoisotopic (exact) mass is 357 g/mol. The minimum absolute atomic E-state index is 0.269. The van der Waals surface area contributed by atoms with Crippen LogP contribution in [-0.2, 0) is 0 Å². The first-order valence-corrected chi connectivity index (χ1v) is 6.88. The minimum Gasteiger partial charge on any atom is -0.378 e. The average Bonchev–Trinajstić information content (AvgIpc) is 2.29. The van der Waals surface area contributed by atoms with Crippen LogP contribution in [0.15, 0.2) is 48.5 Å². The van der Waals surface area contributed by atoms with E-state index in [1.54, 1.807) is 0 Å². The second-order valence-electron chi connectivity index (χ2n) is 3.93. The summed E-state index contributed by atoms with van der Waals surface area (Å²) >= 11 is 8.26. The second-order valence-corrected chi connectivity index (χ2v) is 5.61. The van der Waals surface area contributed by atoms with Crippen molar-refractivity contribution in [3.8, 4) is 0 Å². The summed E-state index contributed by atoms with van der Waals surface area (Å²) in [4.78, 5) is 0. The van der Waals surface area contributed by atoms with E-state index in [0.717, 1.165) is 10.7 Å². The molecule has 0 aliphatic heterocycles. The molecule has 1 atom stereocenters. The van der Waals surface area contributed by atoms with E-state index in [0.29, 0.717) is 0 Å². The highest BCUT2D eigenvalue weighted by Gasteiger charge is 2.04. The van der Waals surface area contributed by atoms with E-state index in [1.165, 1.54) is 9.13 Å². The van der Waals surface area contributed by atoms with E-state index in [-0.39, 0.29) is 6.04 Å². The van der Waals surface area contributed by atoms with Gasteiger partial charge in [0.25, 0.3) is 0 Å². The molecule has 1 nitrogen and oxygen atoms in total. The average molecular weight is 358 g/mol. The van der Waals surface area contributed by atoms with Crippen molar-refractivity contribution >= 4 is 39.9 Å². The third-order valence-electron chi connectivity index (χ3n) is 2.58. The van der Waals surface area contributed by atoms with Crippen LogP contribution in [0.3, 0.4) is 0 Å². The normalized spacial score (nSPS) is 12.2. The molecule has 0 aliphatic carbocycles. The van der Waals surface area contributed by atoms with Crippen LogP contribution in [-0.4, -0.2) is 0 Å². The van der Waals surface area contributed by atoms with Crippen molar-refractivity contribution in [2.45, 2.75) is 13.0 Å². The first kappa shape index (κ1) is 12.7. The molecule has 1 unspecified atom stereocenters. The smallest absolute Gasteiger partial charge is 0.0485 e. The van der Waals surface area contributed by atoms with Gasteiger partial charge in [0.2, 0.25) is 0 Å². The van der Waals surface area contributed by atoms with E-state index in [4.69, 9.17) is 11.6 Å². The Hall–Kier alpha value is -0.740. The number of hydrogen-bond donors (Lipinski definition) is 1. The van der Waals surface area contributed by atoms with Gasteiger partial charge in [0, 0.05) is 20.3 Å². The van der Waals surface area contributed by atoms with Gasteiger partial charge in [-0.2, -0.15) is 0 Å². The second kappa shape index (κ2) is 5.74. The van der Waals surface area contributed by atoms with Crippen molar-refractivity contribution in [2.24, 2.45) is 0 Å². The van der Waals surface area contributed by atoms with E-state index >= 15 is 0 Å². The van der Waals surface area contributed by atoms with Gasteiger partial charge in [0.05, 0.1) is 0 Å². The number of benzene rings is 2. The van der Waals surface area contributed by atoms with Crippen LogP contribution in [0, 0.1) is 3.57 Å². The first-order valence-electron chi connectivity index (χ1n) is 5.43. The lowest BCUT2D eigenvalue weighted by Crippen LogP contribution is -2.06. The molecular formula is C14H13ClIN. The Balaban J connectivity index is 2.11. The largest absolute Gasteiger partial charge is 0.378 e. The van der Waals surface area contributed by atoms with E-state index in [9.17, 15) is 0 Å². The van der Waals surface area contributed by atoms with Gasteiger partial charge in [-0.05, 0) is 65.4 Å². The van der Waals surface area contributed by atoms with Crippen molar-refractivity contribution in [2.75, 3.05) is 5.32 Å². The molecule has 3 heteroatoms. The topological polar surface area (TPSA) is 12.0 Å². The summed E-state index contributed by atoms with van der Waals surface area (Å²) in [6.45, 7) is 2.14. The first-order chi connectivity index (χ1) is 8.15. The molecule has 88 valence electrons. The number of halogens is 2. The maximum absolute atomic E-state index is 5.95. The highest BCUT2D eigenvalue weighted by molar-refractivity contribution is 14.1. The Labute approximate surface area is 120 Å². The lowest BCUT2D eigenvalue weighted by Gasteiger charge is -2.16. The van der Waals surface area contributed by atoms with Crippen molar-refractivity contribution in [1.82, 2.24) is 0 Å². The standard InChI is InChI=1S/C14H13ClIN/c1-10(11-5-7-13(16)8-6-11)17-14-4-2-3-12(15)9-14/h2-10,17H,1H3. The predicted octanol–water partition coefficient (Wildman–Crippen LogP) is 5.12. The number of anilines is 1. The summed E-state index contributed by atoms with van der Waals surface area (Å²) in [5, 5.41) is 4.19. The van der Waals surface area contributed by atoms with Crippen molar-refractivity contribution < 1.29 is 0 Å². The minimum atomic E-state index is 0.269.